The smallest absolute Gasteiger partial charge is 0.342 e. The van der Waals surface area contributed by atoms with E-state index in [1.807, 2.05) is 27.7 Å². The second-order valence-corrected chi connectivity index (χ2v) is 10.9. The molecule has 0 radical (unpaired) electrons. The fourth-order valence-corrected chi connectivity index (χ4v) is 3.79. The number of aliphatic hydroxyl groups is 3. The zero-order valence-corrected chi connectivity index (χ0v) is 23.7. The van der Waals surface area contributed by atoms with Gasteiger partial charge in [0, 0.05) is 43.1 Å². The number of carbonyl (C=O) groups is 4. The average molecular weight is 561 g/mol. The maximum Gasteiger partial charge on any atom is 0.342 e. The van der Waals surface area contributed by atoms with E-state index in [0.29, 0.717) is 26.1 Å². The Morgan fingerprint density at radius 2 is 1.72 bits per heavy atom. The van der Waals surface area contributed by atoms with Crippen LogP contribution in [0, 0.1) is 0 Å². The van der Waals surface area contributed by atoms with Gasteiger partial charge < -0.3 is 45.3 Å². The van der Waals surface area contributed by atoms with E-state index in [0.717, 1.165) is 0 Å². The summed E-state index contributed by atoms with van der Waals surface area (Å²) in [5.74, 6) is -1.92. The number of amides is 2. The van der Waals surface area contributed by atoms with Gasteiger partial charge in [0.15, 0.2) is 6.29 Å². The molecule has 1 fully saturated rings. The summed E-state index contributed by atoms with van der Waals surface area (Å²) in [6.07, 6.45) is -2.39. The average Bonchev–Trinajstić information content (AvgIpc) is 3.04. The highest BCUT2D eigenvalue weighted by atomic mass is 16.7. The van der Waals surface area contributed by atoms with Crippen molar-refractivity contribution in [1.82, 2.24) is 5.32 Å². The van der Waals surface area contributed by atoms with Gasteiger partial charge in [-0.05, 0) is 53.9 Å². The van der Waals surface area contributed by atoms with Gasteiger partial charge in [-0.25, -0.2) is 9.59 Å². The minimum atomic E-state index is -1.15. The maximum atomic E-state index is 12.4. The predicted octanol–water partition coefficient (Wildman–Crippen LogP) is -0.0260. The summed E-state index contributed by atoms with van der Waals surface area (Å²) in [4.78, 5) is 44.6. The minimum Gasteiger partial charge on any atom is -0.394 e. The first-order valence-electron chi connectivity index (χ1n) is 12.9. The van der Waals surface area contributed by atoms with Gasteiger partial charge in [-0.15, -0.1) is 0 Å². The number of ether oxygens (including phenoxy) is 4. The molecule has 39 heavy (non-hydrogen) atoms. The molecule has 0 bridgehead atoms. The van der Waals surface area contributed by atoms with E-state index in [2.05, 4.69) is 15.8 Å². The Balaban J connectivity index is 0.00000177. The van der Waals surface area contributed by atoms with Gasteiger partial charge in [0.25, 0.3) is 0 Å². The van der Waals surface area contributed by atoms with E-state index in [1.165, 1.54) is 13.8 Å². The third kappa shape index (κ3) is 12.5. The molecule has 0 aromatic heterocycles. The fourth-order valence-electron chi connectivity index (χ4n) is 3.79. The number of nitrogens with two attached hydrogens (primary N) is 1. The zero-order chi connectivity index (χ0) is 30.0. The Bertz CT molecular complexity index is 896. The minimum absolute atomic E-state index is 0.0638. The molecule has 2 rings (SSSR count). The molecule has 0 aromatic rings. The van der Waals surface area contributed by atoms with Crippen molar-refractivity contribution in [3.63, 3.8) is 0 Å². The molecule has 13 heteroatoms. The van der Waals surface area contributed by atoms with Crippen molar-refractivity contribution in [2.24, 2.45) is 5.73 Å². The van der Waals surface area contributed by atoms with Gasteiger partial charge in [-0.2, -0.15) is 0 Å². The number of carbonyl (C=O) groups excluding carboxylic acids is 4. The van der Waals surface area contributed by atoms with Crippen LogP contribution in [0.15, 0.2) is 11.1 Å². The molecule has 2 aliphatic heterocycles. The van der Waals surface area contributed by atoms with Gasteiger partial charge in [-0.1, -0.05) is 0 Å². The lowest BCUT2D eigenvalue weighted by Gasteiger charge is -2.36. The van der Waals surface area contributed by atoms with E-state index in [-0.39, 0.29) is 42.2 Å². The molecule has 4 unspecified atom stereocenters. The fraction of sp³-hybridized carbons (Fsp3) is 0.769. The summed E-state index contributed by atoms with van der Waals surface area (Å²) in [5, 5.41) is 31.8. The number of aliphatic hydroxyl groups excluding tert-OH is 3. The second kappa shape index (κ2) is 15.4. The number of rotatable bonds is 13. The van der Waals surface area contributed by atoms with Gasteiger partial charge >= 0.3 is 11.9 Å². The molecule has 4 atom stereocenters. The van der Waals surface area contributed by atoms with Crippen molar-refractivity contribution in [3.8, 4) is 0 Å². The number of esters is 2. The summed E-state index contributed by atoms with van der Waals surface area (Å²) in [6, 6.07) is 0. The van der Waals surface area contributed by atoms with Crippen molar-refractivity contribution in [2.75, 3.05) is 19.8 Å². The lowest BCUT2D eigenvalue weighted by atomic mass is 9.99. The Labute approximate surface area is 229 Å². The van der Waals surface area contributed by atoms with Crippen LogP contribution in [0.1, 0.15) is 73.6 Å². The molecule has 0 saturated carbocycles. The highest BCUT2D eigenvalue weighted by Crippen LogP contribution is 2.24. The summed E-state index contributed by atoms with van der Waals surface area (Å²) in [5.41, 5.74) is 3.89. The van der Waals surface area contributed by atoms with Crippen LogP contribution in [-0.4, -0.2) is 94.6 Å². The highest BCUT2D eigenvalue weighted by Gasteiger charge is 2.37. The number of hydrogen-bond acceptors (Lipinski definition) is 11. The number of primary amides is 1. The van der Waals surface area contributed by atoms with Crippen LogP contribution in [0.3, 0.4) is 0 Å². The van der Waals surface area contributed by atoms with E-state index in [1.54, 1.807) is 0 Å². The van der Waals surface area contributed by atoms with Crippen LogP contribution in [-0.2, 0) is 38.1 Å². The standard InChI is InChI=1S/C24H39NO10.C2H5NO/c1-14-15(22(31)35-21(14)30)6-7-18(28)25-23(2,3)8-11-33-24(4,5)9-10-32-19-12-16(27)20(29)17(13-26)34-19;1-2(3)4/h16-17,19-20,26-27,29H,6-13H2,1-5H3,(H,25,28);1H3,(H2,3,4). The van der Waals surface area contributed by atoms with Crippen molar-refractivity contribution < 1.29 is 53.4 Å². The van der Waals surface area contributed by atoms with Crippen LogP contribution in [0.2, 0.25) is 0 Å². The monoisotopic (exact) mass is 560 g/mol. The first-order valence-corrected chi connectivity index (χ1v) is 12.9. The van der Waals surface area contributed by atoms with Gasteiger partial charge in [0.2, 0.25) is 11.8 Å². The van der Waals surface area contributed by atoms with Crippen LogP contribution in [0.5, 0.6) is 0 Å². The summed E-state index contributed by atoms with van der Waals surface area (Å²) < 4.78 is 21.6. The van der Waals surface area contributed by atoms with Crippen LogP contribution >= 0.6 is 0 Å². The molecule has 0 aliphatic carbocycles. The Morgan fingerprint density at radius 1 is 1.10 bits per heavy atom. The van der Waals surface area contributed by atoms with Crippen molar-refractivity contribution in [1.29, 1.82) is 0 Å². The van der Waals surface area contributed by atoms with E-state index >= 15 is 0 Å². The molecular formula is C26H44N2O11. The molecule has 2 heterocycles. The normalized spacial score (nSPS) is 23.7. The van der Waals surface area contributed by atoms with Gasteiger partial charge in [0.1, 0.15) is 12.2 Å². The Kier molecular flexibility index (Phi) is 13.7. The molecule has 2 aliphatic rings. The van der Waals surface area contributed by atoms with Crippen molar-refractivity contribution in [3.05, 3.63) is 11.1 Å². The molecule has 0 spiro atoms. The van der Waals surface area contributed by atoms with Crippen molar-refractivity contribution in [2.45, 2.75) is 109 Å². The van der Waals surface area contributed by atoms with Crippen molar-refractivity contribution >= 4 is 23.8 Å². The lowest BCUT2D eigenvalue weighted by molar-refractivity contribution is -0.259. The molecule has 0 aromatic carbocycles. The number of hydrogen-bond donors (Lipinski definition) is 5. The molecular weight excluding hydrogens is 516 g/mol. The lowest BCUT2D eigenvalue weighted by Crippen LogP contribution is -2.50. The van der Waals surface area contributed by atoms with E-state index in [4.69, 9.17) is 14.2 Å². The van der Waals surface area contributed by atoms with Crippen LogP contribution in [0.4, 0.5) is 0 Å². The predicted molar refractivity (Wildman–Crippen MR) is 138 cm³/mol. The molecule has 1 saturated heterocycles. The van der Waals surface area contributed by atoms with Crippen LogP contribution < -0.4 is 11.1 Å². The zero-order valence-electron chi connectivity index (χ0n) is 23.7. The topological polar surface area (TPSA) is 204 Å². The Hall–Kier alpha value is -2.42. The second-order valence-electron chi connectivity index (χ2n) is 10.9. The first-order chi connectivity index (χ1) is 18.0. The largest absolute Gasteiger partial charge is 0.394 e. The molecule has 224 valence electrons. The molecule has 13 nitrogen and oxygen atoms in total. The third-order valence-electron chi connectivity index (χ3n) is 6.21. The SMILES string of the molecule is CC(N)=O.CC1=C(CCC(=O)NC(C)(C)CCOC(C)(C)CCOC2CC(O)C(O)C(CO)O2)C(=O)OC1=O. The molecule has 6 N–H and O–H groups in total. The quantitative estimate of drug-likeness (QED) is 0.149. The Morgan fingerprint density at radius 3 is 2.26 bits per heavy atom. The summed E-state index contributed by atoms with van der Waals surface area (Å²) >= 11 is 0. The first kappa shape index (κ1) is 34.6. The number of cyclic esters (lactones) is 2. The maximum absolute atomic E-state index is 12.4. The van der Waals surface area contributed by atoms with Crippen LogP contribution in [0.25, 0.3) is 0 Å². The van der Waals surface area contributed by atoms with E-state index < -0.39 is 54.3 Å². The highest BCUT2D eigenvalue weighted by molar-refractivity contribution is 6.12. The number of nitrogens with one attached hydrogen (secondary N) is 1. The molecule has 2 amide bonds. The summed E-state index contributed by atoms with van der Waals surface area (Å²) in [7, 11) is 0. The van der Waals surface area contributed by atoms with E-state index in [9.17, 15) is 34.5 Å². The van der Waals surface area contributed by atoms with Gasteiger partial charge in [-0.3, -0.25) is 9.59 Å². The van der Waals surface area contributed by atoms with Gasteiger partial charge in [0.05, 0.1) is 24.9 Å². The summed E-state index contributed by atoms with van der Waals surface area (Å²) in [6.45, 7) is 10.6. The third-order valence-corrected chi connectivity index (χ3v) is 6.21.